The zero-order valence-corrected chi connectivity index (χ0v) is 21.9. The number of ether oxygens (including phenoxy) is 2. The molecule has 0 unspecified atom stereocenters. The van der Waals surface area contributed by atoms with Crippen molar-refractivity contribution in [3.05, 3.63) is 18.2 Å². The average Bonchev–Trinajstić information content (AvgIpc) is 2.88. The third kappa shape index (κ3) is 6.86. The predicted octanol–water partition coefficient (Wildman–Crippen LogP) is 1.40. The third-order valence-corrected chi connectivity index (χ3v) is 8.51. The number of piperazine rings is 2. The van der Waals surface area contributed by atoms with Gasteiger partial charge in [-0.1, -0.05) is 6.92 Å². The van der Waals surface area contributed by atoms with Gasteiger partial charge in [-0.15, -0.1) is 0 Å². The van der Waals surface area contributed by atoms with Crippen LogP contribution in [0.2, 0.25) is 0 Å². The standard InChI is InChI=1S/C24H38N4O6S/c1-4-25-11-17-28(18-12-25)35(31,32)20-9-10-22(33-3)21(19-20)26-13-15-27(16-14-26)23(29)7-6-8-24(30)34-5-2/h9-10,19H,4-8,11-18H2,1-3H3. The number of amides is 1. The average molecular weight is 511 g/mol. The first kappa shape index (κ1) is 27.2. The summed E-state index contributed by atoms with van der Waals surface area (Å²) in [7, 11) is -2.03. The highest BCUT2D eigenvalue weighted by Gasteiger charge is 2.30. The second kappa shape index (κ2) is 12.5. The fourth-order valence-corrected chi connectivity index (χ4v) is 5.93. The van der Waals surface area contributed by atoms with Gasteiger partial charge in [0.25, 0.3) is 0 Å². The first-order valence-electron chi connectivity index (χ1n) is 12.4. The summed E-state index contributed by atoms with van der Waals surface area (Å²) in [6.45, 7) is 9.71. The fourth-order valence-electron chi connectivity index (χ4n) is 4.48. The van der Waals surface area contributed by atoms with Crippen molar-refractivity contribution in [2.45, 2.75) is 38.0 Å². The molecule has 0 spiro atoms. The lowest BCUT2D eigenvalue weighted by molar-refractivity contribution is -0.143. The van der Waals surface area contributed by atoms with Gasteiger partial charge in [0.15, 0.2) is 0 Å². The van der Waals surface area contributed by atoms with Crippen LogP contribution in [0.4, 0.5) is 5.69 Å². The smallest absolute Gasteiger partial charge is 0.305 e. The molecule has 2 saturated heterocycles. The minimum Gasteiger partial charge on any atom is -0.495 e. The topological polar surface area (TPSA) is 99.7 Å². The zero-order chi connectivity index (χ0) is 25.4. The number of esters is 1. The summed E-state index contributed by atoms with van der Waals surface area (Å²) in [6.07, 6.45) is 1.02. The molecular weight excluding hydrogens is 472 g/mol. The van der Waals surface area contributed by atoms with Crippen LogP contribution < -0.4 is 9.64 Å². The Morgan fingerprint density at radius 2 is 1.63 bits per heavy atom. The number of anilines is 1. The fraction of sp³-hybridized carbons (Fsp3) is 0.667. The molecule has 1 aromatic rings. The molecule has 2 heterocycles. The molecule has 0 bridgehead atoms. The van der Waals surface area contributed by atoms with Gasteiger partial charge in [-0.05, 0) is 38.1 Å². The molecule has 35 heavy (non-hydrogen) atoms. The van der Waals surface area contributed by atoms with Crippen molar-refractivity contribution in [1.82, 2.24) is 14.1 Å². The minimum absolute atomic E-state index is 0.0171. The lowest BCUT2D eigenvalue weighted by Crippen LogP contribution is -2.49. The summed E-state index contributed by atoms with van der Waals surface area (Å²) >= 11 is 0. The summed E-state index contributed by atoms with van der Waals surface area (Å²) in [4.78, 5) is 30.4. The van der Waals surface area contributed by atoms with E-state index in [0.717, 1.165) is 25.3 Å². The highest BCUT2D eigenvalue weighted by Crippen LogP contribution is 2.33. The van der Waals surface area contributed by atoms with Crippen molar-refractivity contribution in [3.8, 4) is 5.75 Å². The van der Waals surface area contributed by atoms with Gasteiger partial charge in [0.05, 0.1) is 24.3 Å². The summed E-state index contributed by atoms with van der Waals surface area (Å²) in [5, 5.41) is 0. The maximum absolute atomic E-state index is 13.3. The number of nitrogens with zero attached hydrogens (tertiary/aromatic N) is 4. The number of hydrogen-bond acceptors (Lipinski definition) is 8. The Balaban J connectivity index is 1.62. The molecule has 0 saturated carbocycles. The minimum atomic E-state index is -3.60. The lowest BCUT2D eigenvalue weighted by Gasteiger charge is -2.37. The molecule has 1 aromatic carbocycles. The maximum atomic E-state index is 13.3. The monoisotopic (exact) mass is 510 g/mol. The van der Waals surface area contributed by atoms with Crippen molar-refractivity contribution < 1.29 is 27.5 Å². The molecular formula is C24H38N4O6S. The van der Waals surface area contributed by atoms with E-state index in [0.29, 0.717) is 64.5 Å². The number of benzene rings is 1. The van der Waals surface area contributed by atoms with Crippen molar-refractivity contribution >= 4 is 27.6 Å². The van der Waals surface area contributed by atoms with E-state index in [4.69, 9.17) is 9.47 Å². The molecule has 0 aliphatic carbocycles. The van der Waals surface area contributed by atoms with Crippen LogP contribution in [0.1, 0.15) is 33.1 Å². The van der Waals surface area contributed by atoms with Gasteiger partial charge in [-0.25, -0.2) is 8.42 Å². The largest absolute Gasteiger partial charge is 0.495 e. The Hall–Kier alpha value is -2.37. The molecule has 1 amide bonds. The van der Waals surface area contributed by atoms with Gasteiger partial charge in [0.1, 0.15) is 5.75 Å². The van der Waals surface area contributed by atoms with Crippen LogP contribution >= 0.6 is 0 Å². The molecule has 2 fully saturated rings. The van der Waals surface area contributed by atoms with Gasteiger partial charge in [-0.2, -0.15) is 4.31 Å². The number of hydrogen-bond donors (Lipinski definition) is 0. The van der Waals surface area contributed by atoms with E-state index >= 15 is 0 Å². The number of rotatable bonds is 10. The van der Waals surface area contributed by atoms with Crippen molar-refractivity contribution in [3.63, 3.8) is 0 Å². The Morgan fingerprint density at radius 1 is 0.943 bits per heavy atom. The zero-order valence-electron chi connectivity index (χ0n) is 21.1. The molecule has 0 atom stereocenters. The van der Waals surface area contributed by atoms with E-state index in [9.17, 15) is 18.0 Å². The van der Waals surface area contributed by atoms with Gasteiger partial charge in [0, 0.05) is 65.2 Å². The molecule has 0 aromatic heterocycles. The van der Waals surface area contributed by atoms with E-state index in [-0.39, 0.29) is 23.2 Å². The summed E-state index contributed by atoms with van der Waals surface area (Å²) in [5.41, 5.74) is 0.718. The normalized spacial score (nSPS) is 17.9. The molecule has 11 heteroatoms. The van der Waals surface area contributed by atoms with Gasteiger partial charge in [-0.3, -0.25) is 9.59 Å². The Labute approximate surface area is 208 Å². The second-order valence-corrected chi connectivity index (χ2v) is 10.6. The first-order chi connectivity index (χ1) is 16.8. The van der Waals surface area contributed by atoms with Crippen LogP contribution in [0.5, 0.6) is 5.75 Å². The maximum Gasteiger partial charge on any atom is 0.305 e. The van der Waals surface area contributed by atoms with Crippen LogP contribution in [-0.4, -0.2) is 107 Å². The quantitative estimate of drug-likeness (QED) is 0.436. The predicted molar refractivity (Wildman–Crippen MR) is 133 cm³/mol. The van der Waals surface area contributed by atoms with E-state index in [2.05, 4.69) is 16.7 Å². The highest BCUT2D eigenvalue weighted by molar-refractivity contribution is 7.89. The van der Waals surface area contributed by atoms with Crippen LogP contribution in [0.3, 0.4) is 0 Å². The summed E-state index contributed by atoms with van der Waals surface area (Å²) in [5.74, 6) is 0.344. The van der Waals surface area contributed by atoms with Crippen LogP contribution in [0.15, 0.2) is 23.1 Å². The number of sulfonamides is 1. The first-order valence-corrected chi connectivity index (χ1v) is 13.8. The molecule has 10 nitrogen and oxygen atoms in total. The SMILES string of the molecule is CCOC(=O)CCCC(=O)N1CCN(c2cc(S(=O)(=O)N3CCN(CC)CC3)ccc2OC)CC1. The van der Waals surface area contributed by atoms with Crippen LogP contribution in [0, 0.1) is 0 Å². The second-order valence-electron chi connectivity index (χ2n) is 8.70. The van der Waals surface area contributed by atoms with E-state index < -0.39 is 10.0 Å². The van der Waals surface area contributed by atoms with Crippen LogP contribution in [0.25, 0.3) is 0 Å². The molecule has 0 radical (unpaired) electrons. The molecule has 196 valence electrons. The van der Waals surface area contributed by atoms with Crippen molar-refractivity contribution in [1.29, 1.82) is 0 Å². The number of likely N-dealkylation sites (N-methyl/N-ethyl adjacent to an activating group) is 1. The molecule has 2 aliphatic heterocycles. The Kier molecular flexibility index (Phi) is 9.76. The van der Waals surface area contributed by atoms with Crippen LogP contribution in [-0.2, 0) is 24.3 Å². The van der Waals surface area contributed by atoms with E-state index in [1.54, 1.807) is 41.4 Å². The van der Waals surface area contributed by atoms with Gasteiger partial charge < -0.3 is 24.2 Å². The Bertz CT molecular complexity index is 970. The summed E-state index contributed by atoms with van der Waals surface area (Å²) < 4.78 is 38.6. The van der Waals surface area contributed by atoms with Gasteiger partial charge in [0.2, 0.25) is 15.9 Å². The number of carbonyl (C=O) groups excluding carboxylic acids is 2. The lowest BCUT2D eigenvalue weighted by atomic mass is 10.2. The van der Waals surface area contributed by atoms with E-state index in [1.807, 2.05) is 0 Å². The van der Waals surface area contributed by atoms with Crippen molar-refractivity contribution in [2.75, 3.05) is 77.5 Å². The molecule has 2 aliphatic rings. The Morgan fingerprint density at radius 3 is 2.23 bits per heavy atom. The van der Waals surface area contributed by atoms with Gasteiger partial charge >= 0.3 is 5.97 Å². The molecule has 3 rings (SSSR count). The van der Waals surface area contributed by atoms with E-state index in [1.165, 1.54) is 0 Å². The van der Waals surface area contributed by atoms with Crippen molar-refractivity contribution in [2.24, 2.45) is 0 Å². The molecule has 0 N–H and O–H groups in total. The number of methoxy groups -OCH3 is 1. The highest BCUT2D eigenvalue weighted by atomic mass is 32.2. The number of carbonyl (C=O) groups is 2. The third-order valence-electron chi connectivity index (χ3n) is 6.62. The summed E-state index contributed by atoms with van der Waals surface area (Å²) in [6, 6.07) is 5.00.